The van der Waals surface area contributed by atoms with Gasteiger partial charge in [0.1, 0.15) is 18.1 Å². The quantitative estimate of drug-likeness (QED) is 0.488. The van der Waals surface area contributed by atoms with Crippen LogP contribution in [0.3, 0.4) is 0 Å². The van der Waals surface area contributed by atoms with E-state index >= 15 is 0 Å². The Morgan fingerprint density at radius 2 is 1.83 bits per heavy atom. The van der Waals surface area contributed by atoms with Crippen molar-refractivity contribution in [2.45, 2.75) is 20.0 Å². The number of anilines is 1. The van der Waals surface area contributed by atoms with E-state index in [-0.39, 0.29) is 25.5 Å². The molecule has 2 N–H and O–H groups in total. The Morgan fingerprint density at radius 1 is 1.06 bits per heavy atom. The molecule has 3 amide bonds. The van der Waals surface area contributed by atoms with E-state index in [0.717, 1.165) is 11.1 Å². The minimum atomic E-state index is -0.452. The van der Waals surface area contributed by atoms with E-state index in [2.05, 4.69) is 10.9 Å². The molecule has 0 atom stereocenters. The minimum Gasteiger partial charge on any atom is -0.489 e. The number of aryl methyl sites for hydroxylation is 1. The first-order valence-electron chi connectivity index (χ1n) is 11.0. The van der Waals surface area contributed by atoms with E-state index in [1.165, 1.54) is 4.90 Å². The standard InChI is InChI=1S/C26H24ClN3O5/c1-17-14-20(10-11-21(17)27)34-15-18-6-8-19(9-7-18)26(33)29-28-24(31)12-13-30-22-4-2-3-5-23(22)35-16-25(30)32/h2-11,14H,12-13,15-16H2,1H3,(H,28,31)(H,29,33). The molecule has 35 heavy (non-hydrogen) atoms. The molecule has 0 bridgehead atoms. The molecule has 0 unspecified atom stereocenters. The fraction of sp³-hybridized carbons (Fsp3) is 0.192. The van der Waals surface area contributed by atoms with Gasteiger partial charge >= 0.3 is 0 Å². The summed E-state index contributed by atoms with van der Waals surface area (Å²) in [5, 5.41) is 0.680. The number of nitrogens with one attached hydrogen (secondary N) is 2. The summed E-state index contributed by atoms with van der Waals surface area (Å²) in [7, 11) is 0. The van der Waals surface area contributed by atoms with Gasteiger partial charge in [-0.3, -0.25) is 25.2 Å². The van der Waals surface area contributed by atoms with Gasteiger partial charge in [0.05, 0.1) is 5.69 Å². The largest absolute Gasteiger partial charge is 0.489 e. The van der Waals surface area contributed by atoms with Crippen molar-refractivity contribution in [2.75, 3.05) is 18.1 Å². The molecule has 0 fully saturated rings. The Bertz CT molecular complexity index is 1250. The number of fused-ring (bicyclic) bond motifs is 1. The molecule has 0 radical (unpaired) electrons. The first kappa shape index (κ1) is 24.1. The smallest absolute Gasteiger partial charge is 0.269 e. The molecule has 9 heteroatoms. The van der Waals surface area contributed by atoms with Crippen molar-refractivity contribution in [3.63, 3.8) is 0 Å². The minimum absolute atomic E-state index is 0.0147. The first-order valence-corrected chi connectivity index (χ1v) is 11.4. The predicted molar refractivity (Wildman–Crippen MR) is 131 cm³/mol. The van der Waals surface area contributed by atoms with Crippen molar-refractivity contribution in [1.29, 1.82) is 0 Å². The fourth-order valence-electron chi connectivity index (χ4n) is 3.50. The van der Waals surface area contributed by atoms with Gasteiger partial charge in [-0.25, -0.2) is 0 Å². The molecule has 0 spiro atoms. The van der Waals surface area contributed by atoms with Crippen molar-refractivity contribution >= 4 is 35.0 Å². The van der Waals surface area contributed by atoms with Gasteiger partial charge in [0.25, 0.3) is 11.8 Å². The molecule has 0 saturated heterocycles. The molecule has 1 aliphatic heterocycles. The highest BCUT2D eigenvalue weighted by atomic mass is 35.5. The lowest BCUT2D eigenvalue weighted by Crippen LogP contribution is -2.44. The lowest BCUT2D eigenvalue weighted by Gasteiger charge is -2.29. The van der Waals surface area contributed by atoms with Crippen LogP contribution in [0.15, 0.2) is 66.7 Å². The molecule has 3 aromatic carbocycles. The summed E-state index contributed by atoms with van der Waals surface area (Å²) < 4.78 is 11.2. The molecule has 1 aliphatic rings. The number of hydrogen-bond acceptors (Lipinski definition) is 5. The molecule has 8 nitrogen and oxygen atoms in total. The Kier molecular flexibility index (Phi) is 7.52. The molecule has 3 aromatic rings. The zero-order valence-corrected chi connectivity index (χ0v) is 19.8. The zero-order chi connectivity index (χ0) is 24.8. The summed E-state index contributed by atoms with van der Waals surface area (Å²) in [5.74, 6) is 0.206. The van der Waals surface area contributed by atoms with Gasteiger partial charge in [-0.05, 0) is 60.5 Å². The Hall–Kier alpha value is -4.04. The van der Waals surface area contributed by atoms with Crippen LogP contribution in [0.1, 0.15) is 27.9 Å². The van der Waals surface area contributed by atoms with E-state index in [1.54, 1.807) is 54.6 Å². The van der Waals surface area contributed by atoms with Crippen LogP contribution in [0, 0.1) is 6.92 Å². The van der Waals surface area contributed by atoms with Crippen molar-refractivity contribution in [3.8, 4) is 11.5 Å². The Morgan fingerprint density at radius 3 is 2.60 bits per heavy atom. The maximum atomic E-state index is 12.4. The van der Waals surface area contributed by atoms with Crippen molar-refractivity contribution in [1.82, 2.24) is 10.9 Å². The lowest BCUT2D eigenvalue weighted by atomic mass is 10.1. The third-order valence-corrected chi connectivity index (χ3v) is 5.86. The summed E-state index contributed by atoms with van der Waals surface area (Å²) in [5.41, 5.74) is 7.60. The van der Waals surface area contributed by atoms with Gasteiger partial charge in [0.2, 0.25) is 5.91 Å². The monoisotopic (exact) mass is 493 g/mol. The van der Waals surface area contributed by atoms with Gasteiger partial charge in [-0.15, -0.1) is 0 Å². The summed E-state index contributed by atoms with van der Waals surface area (Å²) >= 11 is 6.03. The van der Waals surface area contributed by atoms with Gasteiger partial charge < -0.3 is 14.4 Å². The topological polar surface area (TPSA) is 97.0 Å². The highest BCUT2D eigenvalue weighted by Gasteiger charge is 2.25. The van der Waals surface area contributed by atoms with Crippen molar-refractivity contribution in [3.05, 3.63) is 88.4 Å². The van der Waals surface area contributed by atoms with E-state index in [0.29, 0.717) is 34.4 Å². The fourth-order valence-corrected chi connectivity index (χ4v) is 3.62. The van der Waals surface area contributed by atoms with Crippen LogP contribution < -0.4 is 25.2 Å². The number of para-hydroxylation sites is 2. The van der Waals surface area contributed by atoms with Crippen LogP contribution in [0.2, 0.25) is 5.02 Å². The van der Waals surface area contributed by atoms with Crippen LogP contribution in [0.25, 0.3) is 0 Å². The molecular weight excluding hydrogens is 470 g/mol. The van der Waals surface area contributed by atoms with Gasteiger partial charge in [-0.1, -0.05) is 35.9 Å². The second-order valence-electron chi connectivity index (χ2n) is 7.95. The number of benzene rings is 3. The summed E-state index contributed by atoms with van der Waals surface area (Å²) in [6.07, 6.45) is 0.0147. The van der Waals surface area contributed by atoms with Crippen molar-refractivity contribution < 1.29 is 23.9 Å². The van der Waals surface area contributed by atoms with E-state index in [1.807, 2.05) is 19.1 Å². The average molecular weight is 494 g/mol. The first-order chi connectivity index (χ1) is 16.9. The average Bonchev–Trinajstić information content (AvgIpc) is 2.87. The third kappa shape index (κ3) is 6.10. The van der Waals surface area contributed by atoms with Crippen molar-refractivity contribution in [2.24, 2.45) is 0 Å². The number of carbonyl (C=O) groups is 3. The number of hydrogen-bond donors (Lipinski definition) is 2. The van der Waals surface area contributed by atoms with Gasteiger partial charge in [-0.2, -0.15) is 0 Å². The normalized spacial score (nSPS) is 12.4. The number of rotatable bonds is 7. The number of halogens is 1. The predicted octanol–water partition coefficient (Wildman–Crippen LogP) is 3.80. The van der Waals surface area contributed by atoms with Gasteiger partial charge in [0, 0.05) is 23.6 Å². The molecule has 0 saturated carbocycles. The third-order valence-electron chi connectivity index (χ3n) is 5.44. The number of carbonyl (C=O) groups excluding carboxylic acids is 3. The van der Waals surface area contributed by atoms with Crippen LogP contribution in [-0.2, 0) is 16.2 Å². The second-order valence-corrected chi connectivity index (χ2v) is 8.36. The van der Waals surface area contributed by atoms with Crippen LogP contribution in [0.5, 0.6) is 11.5 Å². The highest BCUT2D eigenvalue weighted by Crippen LogP contribution is 2.31. The summed E-state index contributed by atoms with van der Waals surface area (Å²) in [6.45, 7) is 2.34. The van der Waals surface area contributed by atoms with Crippen LogP contribution in [-0.4, -0.2) is 30.9 Å². The Labute approximate surface area is 207 Å². The molecule has 1 heterocycles. The second kappa shape index (κ2) is 10.9. The summed E-state index contributed by atoms with van der Waals surface area (Å²) in [4.78, 5) is 38.3. The maximum absolute atomic E-state index is 12.4. The maximum Gasteiger partial charge on any atom is 0.269 e. The number of nitrogens with zero attached hydrogens (tertiary/aromatic N) is 1. The van der Waals surface area contributed by atoms with E-state index in [9.17, 15) is 14.4 Å². The molecule has 180 valence electrons. The molecule has 0 aromatic heterocycles. The molecular formula is C26H24ClN3O5. The zero-order valence-electron chi connectivity index (χ0n) is 19.0. The lowest BCUT2D eigenvalue weighted by molar-refractivity contribution is -0.122. The molecule has 4 rings (SSSR count). The number of amides is 3. The molecule has 0 aliphatic carbocycles. The van der Waals surface area contributed by atoms with E-state index in [4.69, 9.17) is 21.1 Å². The number of ether oxygens (including phenoxy) is 2. The number of hydrazine groups is 1. The SMILES string of the molecule is Cc1cc(OCc2ccc(C(=O)NNC(=O)CCN3C(=O)COc4ccccc43)cc2)ccc1Cl. The van der Waals surface area contributed by atoms with Crippen LogP contribution in [0.4, 0.5) is 5.69 Å². The Balaban J connectivity index is 1.23. The van der Waals surface area contributed by atoms with Gasteiger partial charge in [0.15, 0.2) is 6.61 Å². The summed E-state index contributed by atoms with van der Waals surface area (Å²) in [6, 6.07) is 19.4. The highest BCUT2D eigenvalue weighted by molar-refractivity contribution is 6.31. The van der Waals surface area contributed by atoms with Crippen LogP contribution >= 0.6 is 11.6 Å². The van der Waals surface area contributed by atoms with E-state index < -0.39 is 11.8 Å².